The molecule has 2 rings (SSSR count). The molecular weight excluding hydrogens is 292 g/mol. The fourth-order valence-corrected chi connectivity index (χ4v) is 2.61. The Labute approximate surface area is 127 Å². The van der Waals surface area contributed by atoms with Crippen molar-refractivity contribution in [2.24, 2.45) is 5.92 Å². The van der Waals surface area contributed by atoms with Crippen LogP contribution in [-0.2, 0) is 33.3 Å². The van der Waals surface area contributed by atoms with E-state index in [1.807, 2.05) is 0 Å². The molecule has 2 aliphatic rings. The van der Waals surface area contributed by atoms with Crippen molar-refractivity contribution in [3.05, 3.63) is 34.3 Å². The summed E-state index contributed by atoms with van der Waals surface area (Å²) in [6.07, 6.45) is 1.80. The van der Waals surface area contributed by atoms with Gasteiger partial charge in [-0.1, -0.05) is 0 Å². The van der Waals surface area contributed by atoms with E-state index in [1.54, 1.807) is 13.0 Å². The molecule has 7 nitrogen and oxygen atoms in total. The lowest BCUT2D eigenvalue weighted by molar-refractivity contribution is -0.140. The average Bonchev–Trinajstić information content (AvgIpc) is 2.87. The van der Waals surface area contributed by atoms with Crippen molar-refractivity contribution in [2.75, 3.05) is 21.3 Å². The van der Waals surface area contributed by atoms with Gasteiger partial charge in [0.15, 0.2) is 0 Å². The van der Waals surface area contributed by atoms with Gasteiger partial charge in [-0.25, -0.2) is 14.4 Å². The number of allylic oxidation sites excluding steroid dienone is 3. The number of fused-ring (bicyclic) bond motifs is 1. The van der Waals surface area contributed by atoms with Gasteiger partial charge in [-0.15, -0.1) is 0 Å². The lowest BCUT2D eigenvalue weighted by atomic mass is 9.82. The van der Waals surface area contributed by atoms with E-state index in [0.29, 0.717) is 11.5 Å². The number of carbonyl (C=O) groups is 3. The van der Waals surface area contributed by atoms with Crippen LogP contribution in [0.25, 0.3) is 0 Å². The summed E-state index contributed by atoms with van der Waals surface area (Å²) < 4.78 is 19.7. The molecule has 1 aliphatic carbocycles. The molecule has 0 amide bonds. The maximum atomic E-state index is 12.2. The normalized spacial score (nSPS) is 20.0. The minimum atomic E-state index is -0.817. The van der Waals surface area contributed by atoms with Crippen LogP contribution in [0.15, 0.2) is 34.3 Å². The third-order valence-corrected chi connectivity index (χ3v) is 3.59. The van der Waals surface area contributed by atoms with Crippen LogP contribution in [0.1, 0.15) is 13.3 Å². The Morgan fingerprint density at radius 1 is 1.00 bits per heavy atom. The molecule has 0 fully saturated rings. The molecule has 0 saturated heterocycles. The Balaban J connectivity index is 2.61. The van der Waals surface area contributed by atoms with Crippen LogP contribution >= 0.6 is 0 Å². The molecular formula is C15H16O7. The second kappa shape index (κ2) is 6.05. The van der Waals surface area contributed by atoms with Crippen molar-refractivity contribution in [1.29, 1.82) is 0 Å². The summed E-state index contributed by atoms with van der Waals surface area (Å²) in [5, 5.41) is 0. The summed E-state index contributed by atoms with van der Waals surface area (Å²) in [6.45, 7) is 1.60. The largest absolute Gasteiger partial charge is 0.466 e. The standard InChI is InChI=1S/C15H16O7/c1-7-10(14(17)20-3)12-9(22-7)6-5-8(13(16)19-2)11(12)15(18)21-4/h6,12H,5H2,1-4H3. The first kappa shape index (κ1) is 15.8. The number of rotatable bonds is 3. The summed E-state index contributed by atoms with van der Waals surface area (Å²) in [5.74, 6) is -2.07. The third kappa shape index (κ3) is 2.38. The highest BCUT2D eigenvalue weighted by Crippen LogP contribution is 2.44. The van der Waals surface area contributed by atoms with Gasteiger partial charge in [0.2, 0.25) is 0 Å². The summed E-state index contributed by atoms with van der Waals surface area (Å²) in [4.78, 5) is 36.1. The Morgan fingerprint density at radius 3 is 2.09 bits per heavy atom. The van der Waals surface area contributed by atoms with E-state index in [0.717, 1.165) is 0 Å². The van der Waals surface area contributed by atoms with E-state index in [9.17, 15) is 14.4 Å². The Kier molecular flexibility index (Phi) is 4.35. The molecule has 0 saturated carbocycles. The molecule has 0 bridgehead atoms. The second-order valence-electron chi connectivity index (χ2n) is 4.68. The molecule has 1 aliphatic heterocycles. The second-order valence-corrected chi connectivity index (χ2v) is 4.68. The fraction of sp³-hybridized carbons (Fsp3) is 0.400. The van der Waals surface area contributed by atoms with Gasteiger partial charge in [-0.2, -0.15) is 0 Å². The summed E-state index contributed by atoms with van der Waals surface area (Å²) in [5.41, 5.74) is 0.363. The minimum Gasteiger partial charge on any atom is -0.466 e. The number of ether oxygens (including phenoxy) is 4. The highest BCUT2D eigenvalue weighted by atomic mass is 16.5. The van der Waals surface area contributed by atoms with E-state index in [2.05, 4.69) is 0 Å². The molecule has 7 heteroatoms. The van der Waals surface area contributed by atoms with E-state index in [4.69, 9.17) is 18.9 Å². The monoisotopic (exact) mass is 308 g/mol. The van der Waals surface area contributed by atoms with Crippen LogP contribution in [0.4, 0.5) is 0 Å². The van der Waals surface area contributed by atoms with Crippen LogP contribution in [0.2, 0.25) is 0 Å². The summed E-state index contributed by atoms with van der Waals surface area (Å²) >= 11 is 0. The molecule has 118 valence electrons. The molecule has 0 aromatic heterocycles. The Hall–Kier alpha value is -2.57. The number of methoxy groups -OCH3 is 3. The topological polar surface area (TPSA) is 88.1 Å². The predicted octanol–water partition coefficient (Wildman–Crippen LogP) is 1.01. The quantitative estimate of drug-likeness (QED) is 0.568. The SMILES string of the molecule is COC(=O)C1=C(C(=O)OC)C2C(=CC1)OC(C)=C2C(=O)OC. The third-order valence-electron chi connectivity index (χ3n) is 3.59. The molecule has 0 N–H and O–H groups in total. The molecule has 0 radical (unpaired) electrons. The van der Waals surface area contributed by atoms with Gasteiger partial charge in [0, 0.05) is 6.42 Å². The van der Waals surface area contributed by atoms with E-state index < -0.39 is 23.8 Å². The van der Waals surface area contributed by atoms with Gasteiger partial charge < -0.3 is 18.9 Å². The average molecular weight is 308 g/mol. The first-order chi connectivity index (χ1) is 10.5. The Bertz CT molecular complexity index is 636. The molecule has 22 heavy (non-hydrogen) atoms. The van der Waals surface area contributed by atoms with Gasteiger partial charge in [-0.05, 0) is 13.0 Å². The van der Waals surface area contributed by atoms with Crippen molar-refractivity contribution in [3.63, 3.8) is 0 Å². The number of esters is 3. The van der Waals surface area contributed by atoms with Crippen LogP contribution in [-0.4, -0.2) is 39.2 Å². The van der Waals surface area contributed by atoms with Gasteiger partial charge in [0.1, 0.15) is 11.5 Å². The number of carbonyl (C=O) groups excluding carboxylic acids is 3. The minimum absolute atomic E-state index is 0.0455. The molecule has 1 heterocycles. The zero-order valence-electron chi connectivity index (χ0n) is 12.7. The highest BCUT2D eigenvalue weighted by molar-refractivity contribution is 6.05. The van der Waals surface area contributed by atoms with Crippen LogP contribution in [0.5, 0.6) is 0 Å². The number of hydrogen-bond acceptors (Lipinski definition) is 7. The summed E-state index contributed by atoms with van der Waals surface area (Å²) in [7, 11) is 3.65. The van der Waals surface area contributed by atoms with Crippen molar-refractivity contribution >= 4 is 17.9 Å². The summed E-state index contributed by atoms with van der Waals surface area (Å²) in [6, 6.07) is 0. The molecule has 0 spiro atoms. The van der Waals surface area contributed by atoms with Gasteiger partial charge in [0.25, 0.3) is 0 Å². The highest BCUT2D eigenvalue weighted by Gasteiger charge is 2.45. The van der Waals surface area contributed by atoms with Crippen molar-refractivity contribution < 1.29 is 33.3 Å². The van der Waals surface area contributed by atoms with Crippen LogP contribution < -0.4 is 0 Å². The zero-order valence-corrected chi connectivity index (χ0v) is 12.7. The maximum absolute atomic E-state index is 12.2. The predicted molar refractivity (Wildman–Crippen MR) is 73.0 cm³/mol. The molecule has 0 aromatic rings. The molecule has 1 atom stereocenters. The van der Waals surface area contributed by atoms with Crippen molar-refractivity contribution in [2.45, 2.75) is 13.3 Å². The fourth-order valence-electron chi connectivity index (χ4n) is 2.61. The van der Waals surface area contributed by atoms with Gasteiger partial charge in [-0.3, -0.25) is 0 Å². The van der Waals surface area contributed by atoms with E-state index >= 15 is 0 Å². The maximum Gasteiger partial charge on any atom is 0.338 e. The lowest BCUT2D eigenvalue weighted by Gasteiger charge is -2.22. The lowest BCUT2D eigenvalue weighted by Crippen LogP contribution is -2.27. The van der Waals surface area contributed by atoms with Gasteiger partial charge >= 0.3 is 17.9 Å². The smallest absolute Gasteiger partial charge is 0.338 e. The van der Waals surface area contributed by atoms with Crippen molar-refractivity contribution in [1.82, 2.24) is 0 Å². The molecule has 0 aromatic carbocycles. The van der Waals surface area contributed by atoms with Crippen LogP contribution in [0, 0.1) is 5.92 Å². The Morgan fingerprint density at radius 2 is 1.55 bits per heavy atom. The van der Waals surface area contributed by atoms with Gasteiger partial charge in [0.05, 0.1) is 44.0 Å². The molecule has 1 unspecified atom stereocenters. The zero-order chi connectivity index (χ0) is 16.4. The van der Waals surface area contributed by atoms with Crippen LogP contribution in [0.3, 0.4) is 0 Å². The number of hydrogen-bond donors (Lipinski definition) is 0. The van der Waals surface area contributed by atoms with Crippen molar-refractivity contribution in [3.8, 4) is 0 Å². The first-order valence-corrected chi connectivity index (χ1v) is 6.52. The van der Waals surface area contributed by atoms with E-state index in [-0.39, 0.29) is 23.1 Å². The van der Waals surface area contributed by atoms with E-state index in [1.165, 1.54) is 21.3 Å². The first-order valence-electron chi connectivity index (χ1n) is 6.52.